The smallest absolute Gasteiger partial charge is 0.321 e. The number of hydrogen-bond donors (Lipinski definition) is 2. The Kier molecular flexibility index (Phi) is 33.5. The summed E-state index contributed by atoms with van der Waals surface area (Å²) in [6.07, 6.45) is 37.7. The summed E-state index contributed by atoms with van der Waals surface area (Å²) in [5.41, 5.74) is 0. The van der Waals surface area contributed by atoms with E-state index in [1.54, 1.807) is 0 Å². The first-order chi connectivity index (χ1) is 20.6. The highest BCUT2D eigenvalue weighted by molar-refractivity contribution is 5.81. The normalized spacial score (nSPS) is 12.0. The van der Waals surface area contributed by atoms with Gasteiger partial charge < -0.3 is 15.2 Å². The lowest BCUT2D eigenvalue weighted by Crippen LogP contribution is -2.39. The van der Waals surface area contributed by atoms with Gasteiger partial charge in [-0.05, 0) is 19.4 Å². The third-order valence-electron chi connectivity index (χ3n) is 8.60. The van der Waals surface area contributed by atoms with Crippen LogP contribution in [0.2, 0.25) is 0 Å². The molecule has 5 heteroatoms. The molecule has 0 saturated heterocycles. The number of aliphatic carboxylic acids is 1. The summed E-state index contributed by atoms with van der Waals surface area (Å²) >= 11 is 0. The number of carboxylic acids is 1. The lowest BCUT2D eigenvalue weighted by atomic mass is 10.0. The summed E-state index contributed by atoms with van der Waals surface area (Å²) < 4.78 is 5.32. The van der Waals surface area contributed by atoms with E-state index in [2.05, 4.69) is 19.2 Å². The summed E-state index contributed by atoms with van der Waals surface area (Å²) in [6.45, 7) is 5.59. The van der Waals surface area contributed by atoms with Crippen LogP contribution in [-0.4, -0.2) is 36.2 Å². The predicted octanol–water partition coefficient (Wildman–Crippen LogP) is 11.3. The van der Waals surface area contributed by atoms with Crippen LogP contribution in [0.15, 0.2) is 0 Å². The molecule has 1 unspecified atom stereocenters. The van der Waals surface area contributed by atoms with Crippen molar-refractivity contribution >= 4 is 11.9 Å². The molecule has 0 radical (unpaired) electrons. The Balaban J connectivity index is 3.50. The number of nitrogens with one attached hydrogen (secondary N) is 1. The van der Waals surface area contributed by atoms with Crippen molar-refractivity contribution in [3.8, 4) is 0 Å². The van der Waals surface area contributed by atoms with Gasteiger partial charge in [0, 0.05) is 0 Å². The van der Waals surface area contributed by atoms with Gasteiger partial charge in [0.1, 0.15) is 6.04 Å². The summed E-state index contributed by atoms with van der Waals surface area (Å²) in [6, 6.07) is -0.847. The lowest BCUT2D eigenvalue weighted by Gasteiger charge is -2.14. The topological polar surface area (TPSA) is 75.6 Å². The molecule has 0 heterocycles. The number of carbonyl (C=O) groups excluding carboxylic acids is 1. The molecule has 0 aliphatic heterocycles. The van der Waals surface area contributed by atoms with Crippen LogP contribution in [0.5, 0.6) is 0 Å². The molecule has 0 saturated carbocycles. The van der Waals surface area contributed by atoms with E-state index in [-0.39, 0.29) is 6.42 Å². The molecular weight excluding hydrogens is 522 g/mol. The molecule has 1 atom stereocenters. The van der Waals surface area contributed by atoms with Crippen molar-refractivity contribution in [2.45, 2.75) is 213 Å². The van der Waals surface area contributed by atoms with E-state index < -0.39 is 18.0 Å². The number of carboxylic acid groups (broad SMARTS) is 1. The average Bonchev–Trinajstić information content (AvgIpc) is 2.98. The highest BCUT2D eigenvalue weighted by Gasteiger charge is 2.21. The van der Waals surface area contributed by atoms with Crippen molar-refractivity contribution in [3.63, 3.8) is 0 Å². The zero-order valence-corrected chi connectivity index (χ0v) is 28.4. The highest BCUT2D eigenvalue weighted by atomic mass is 16.5. The third kappa shape index (κ3) is 31.8. The molecular formula is C37H73NO4. The van der Waals surface area contributed by atoms with Crippen LogP contribution in [0.3, 0.4) is 0 Å². The van der Waals surface area contributed by atoms with E-state index >= 15 is 0 Å². The maximum atomic E-state index is 12.1. The molecule has 0 aliphatic carbocycles. The minimum atomic E-state index is -0.968. The van der Waals surface area contributed by atoms with Gasteiger partial charge in [-0.2, -0.15) is 0 Å². The average molecular weight is 596 g/mol. The zero-order chi connectivity index (χ0) is 30.8. The molecule has 0 aromatic heterocycles. The Hall–Kier alpha value is -1.10. The second-order valence-electron chi connectivity index (χ2n) is 12.8. The number of ether oxygens (including phenoxy) is 1. The van der Waals surface area contributed by atoms with Crippen LogP contribution >= 0.6 is 0 Å². The number of unbranched alkanes of at least 4 members (excludes halogenated alkanes) is 27. The van der Waals surface area contributed by atoms with Crippen molar-refractivity contribution in [2.75, 3.05) is 13.2 Å². The lowest BCUT2D eigenvalue weighted by molar-refractivity contribution is -0.149. The van der Waals surface area contributed by atoms with Crippen LogP contribution in [0.4, 0.5) is 0 Å². The SMILES string of the molecule is CCCCCCCCCCCCCCCCCNC(CC(=O)OCCCCCCCCCCCCCCCC)C(=O)O. The third-order valence-corrected chi connectivity index (χ3v) is 8.60. The first-order valence-electron chi connectivity index (χ1n) is 18.7. The van der Waals surface area contributed by atoms with E-state index in [9.17, 15) is 14.7 Å². The zero-order valence-electron chi connectivity index (χ0n) is 28.4. The van der Waals surface area contributed by atoms with Crippen LogP contribution in [0.25, 0.3) is 0 Å². The Morgan fingerprint density at radius 2 is 0.810 bits per heavy atom. The number of esters is 1. The molecule has 0 spiro atoms. The van der Waals surface area contributed by atoms with Gasteiger partial charge in [0.15, 0.2) is 0 Å². The number of rotatable bonds is 35. The van der Waals surface area contributed by atoms with Gasteiger partial charge in [0.2, 0.25) is 0 Å². The summed E-state index contributed by atoms with van der Waals surface area (Å²) in [4.78, 5) is 23.7. The van der Waals surface area contributed by atoms with Crippen LogP contribution in [0.1, 0.15) is 206 Å². The van der Waals surface area contributed by atoms with Gasteiger partial charge in [-0.3, -0.25) is 9.59 Å². The second-order valence-corrected chi connectivity index (χ2v) is 12.8. The quantitative estimate of drug-likeness (QED) is 0.0563. The predicted molar refractivity (Wildman–Crippen MR) is 180 cm³/mol. The molecule has 5 nitrogen and oxygen atoms in total. The van der Waals surface area contributed by atoms with E-state index in [0.717, 1.165) is 25.7 Å². The Bertz CT molecular complexity index is 568. The number of carbonyl (C=O) groups is 2. The van der Waals surface area contributed by atoms with E-state index in [4.69, 9.17) is 4.74 Å². The molecule has 0 rings (SSSR count). The van der Waals surface area contributed by atoms with Crippen LogP contribution in [-0.2, 0) is 14.3 Å². The van der Waals surface area contributed by atoms with E-state index in [1.165, 1.54) is 161 Å². The monoisotopic (exact) mass is 596 g/mol. The van der Waals surface area contributed by atoms with Crippen LogP contribution in [0, 0.1) is 0 Å². The van der Waals surface area contributed by atoms with Crippen molar-refractivity contribution in [1.29, 1.82) is 0 Å². The Morgan fingerprint density at radius 1 is 0.500 bits per heavy atom. The van der Waals surface area contributed by atoms with Crippen LogP contribution < -0.4 is 5.32 Å². The van der Waals surface area contributed by atoms with Gasteiger partial charge >= 0.3 is 11.9 Å². The van der Waals surface area contributed by atoms with E-state index in [0.29, 0.717) is 13.2 Å². The maximum Gasteiger partial charge on any atom is 0.321 e. The van der Waals surface area contributed by atoms with E-state index in [1.807, 2.05) is 0 Å². The Morgan fingerprint density at radius 3 is 1.14 bits per heavy atom. The molecule has 0 bridgehead atoms. The fourth-order valence-electron chi connectivity index (χ4n) is 5.73. The molecule has 0 aromatic carbocycles. The van der Waals surface area contributed by atoms with Gasteiger partial charge in [-0.15, -0.1) is 0 Å². The summed E-state index contributed by atoms with van der Waals surface area (Å²) in [7, 11) is 0. The number of hydrogen-bond acceptors (Lipinski definition) is 4. The van der Waals surface area contributed by atoms with Gasteiger partial charge in [0.05, 0.1) is 13.0 Å². The second kappa shape index (κ2) is 34.4. The van der Waals surface area contributed by atoms with Gasteiger partial charge in [-0.25, -0.2) is 0 Å². The first kappa shape index (κ1) is 40.9. The minimum absolute atomic E-state index is 0.0906. The minimum Gasteiger partial charge on any atom is -0.480 e. The largest absolute Gasteiger partial charge is 0.480 e. The molecule has 0 fully saturated rings. The fraction of sp³-hybridized carbons (Fsp3) is 0.946. The fourth-order valence-corrected chi connectivity index (χ4v) is 5.73. The summed E-state index contributed by atoms with van der Waals surface area (Å²) in [5.74, 6) is -1.37. The van der Waals surface area contributed by atoms with Crippen molar-refractivity contribution in [2.24, 2.45) is 0 Å². The molecule has 0 amide bonds. The molecule has 0 aliphatic rings. The van der Waals surface area contributed by atoms with Crippen molar-refractivity contribution in [3.05, 3.63) is 0 Å². The van der Waals surface area contributed by atoms with Gasteiger partial charge in [-0.1, -0.05) is 187 Å². The molecule has 2 N–H and O–H groups in total. The molecule has 250 valence electrons. The van der Waals surface area contributed by atoms with Crippen molar-refractivity contribution in [1.82, 2.24) is 5.32 Å². The standard InChI is InChI=1S/C37H73NO4/c1-3-5-7-9-11-13-15-17-19-20-22-24-26-28-30-32-38-35(37(40)41)34-36(39)42-33-31-29-27-25-23-21-18-16-14-12-10-8-6-4-2/h35,38H,3-34H2,1-2H3,(H,40,41). The van der Waals surface area contributed by atoms with Crippen molar-refractivity contribution < 1.29 is 19.4 Å². The highest BCUT2D eigenvalue weighted by Crippen LogP contribution is 2.14. The van der Waals surface area contributed by atoms with Gasteiger partial charge in [0.25, 0.3) is 0 Å². The molecule has 0 aromatic rings. The summed E-state index contributed by atoms with van der Waals surface area (Å²) in [5, 5.41) is 12.5. The molecule has 42 heavy (non-hydrogen) atoms. The maximum absolute atomic E-state index is 12.1. The first-order valence-corrected chi connectivity index (χ1v) is 18.7. The Labute approximate surface area is 262 Å².